The van der Waals surface area contributed by atoms with Crippen LogP contribution in [0.15, 0.2) is 18.3 Å². The van der Waals surface area contributed by atoms with Crippen molar-refractivity contribution in [3.63, 3.8) is 0 Å². The van der Waals surface area contributed by atoms with Gasteiger partial charge in [-0.25, -0.2) is 4.98 Å². The Bertz CT molecular complexity index is 362. The van der Waals surface area contributed by atoms with Crippen molar-refractivity contribution in [1.29, 1.82) is 0 Å². The zero-order valence-electron chi connectivity index (χ0n) is 11.1. The van der Waals surface area contributed by atoms with Crippen molar-refractivity contribution in [3.8, 4) is 0 Å². The second-order valence-corrected chi connectivity index (χ2v) is 6.04. The molecule has 2 rings (SSSR count). The highest BCUT2D eigenvalue weighted by atomic mass is 32.2. The van der Waals surface area contributed by atoms with E-state index in [0.717, 1.165) is 31.7 Å². The van der Waals surface area contributed by atoms with E-state index in [4.69, 9.17) is 5.73 Å². The summed E-state index contributed by atoms with van der Waals surface area (Å²) < 4.78 is 0. The Hall–Kier alpha value is -0.740. The minimum atomic E-state index is 0.245. The number of rotatable bonds is 4. The zero-order chi connectivity index (χ0) is 12.8. The summed E-state index contributed by atoms with van der Waals surface area (Å²) in [5.41, 5.74) is 7.39. The fourth-order valence-corrected chi connectivity index (χ4v) is 3.15. The first-order valence-electron chi connectivity index (χ1n) is 6.83. The Morgan fingerprint density at radius 1 is 1.44 bits per heavy atom. The molecule has 0 amide bonds. The summed E-state index contributed by atoms with van der Waals surface area (Å²) in [6, 6.07) is 4.44. The summed E-state index contributed by atoms with van der Waals surface area (Å²) in [6.45, 7) is 4.37. The van der Waals surface area contributed by atoms with Crippen LogP contribution in [0.25, 0.3) is 0 Å². The second-order valence-electron chi connectivity index (χ2n) is 4.81. The smallest absolute Gasteiger partial charge is 0.131 e. The molecule has 18 heavy (non-hydrogen) atoms. The molecule has 1 aliphatic heterocycles. The van der Waals surface area contributed by atoms with Crippen LogP contribution >= 0.6 is 11.8 Å². The van der Waals surface area contributed by atoms with Crippen LogP contribution in [0, 0.1) is 0 Å². The van der Waals surface area contributed by atoms with Gasteiger partial charge in [-0.3, -0.25) is 0 Å². The van der Waals surface area contributed by atoms with Crippen molar-refractivity contribution in [2.75, 3.05) is 29.5 Å². The standard InChI is InChI=1S/C14H23N3S/c1-2-13(15)11-12-5-3-6-16-14(12)17-7-4-9-18-10-8-17/h3,5-6,13H,2,4,7-11,15H2,1H3. The molecule has 0 bridgehead atoms. The molecule has 3 nitrogen and oxygen atoms in total. The number of anilines is 1. The fraction of sp³-hybridized carbons (Fsp3) is 0.643. The molecule has 4 heteroatoms. The number of hydrogen-bond donors (Lipinski definition) is 1. The van der Waals surface area contributed by atoms with Gasteiger partial charge in [0, 0.05) is 31.1 Å². The van der Waals surface area contributed by atoms with Crippen molar-refractivity contribution in [2.24, 2.45) is 5.73 Å². The normalized spacial score (nSPS) is 18.4. The lowest BCUT2D eigenvalue weighted by molar-refractivity contribution is 0.642. The van der Waals surface area contributed by atoms with Gasteiger partial charge in [-0.05, 0) is 36.6 Å². The number of thioether (sulfide) groups is 1. The number of pyridine rings is 1. The highest BCUT2D eigenvalue weighted by Crippen LogP contribution is 2.22. The van der Waals surface area contributed by atoms with Crippen LogP contribution in [0.3, 0.4) is 0 Å². The number of aromatic nitrogens is 1. The van der Waals surface area contributed by atoms with Crippen molar-refractivity contribution in [1.82, 2.24) is 4.98 Å². The number of hydrogen-bond acceptors (Lipinski definition) is 4. The van der Waals surface area contributed by atoms with Crippen LogP contribution < -0.4 is 10.6 Å². The minimum absolute atomic E-state index is 0.245. The zero-order valence-corrected chi connectivity index (χ0v) is 12.0. The first kappa shape index (κ1) is 13.7. The molecule has 1 aromatic heterocycles. The van der Waals surface area contributed by atoms with Gasteiger partial charge in [0.15, 0.2) is 0 Å². The fourth-order valence-electron chi connectivity index (χ4n) is 2.26. The molecule has 1 saturated heterocycles. The third-order valence-corrected chi connectivity index (χ3v) is 4.44. The van der Waals surface area contributed by atoms with Crippen LogP contribution in [-0.2, 0) is 6.42 Å². The van der Waals surface area contributed by atoms with Crippen LogP contribution in [0.2, 0.25) is 0 Å². The van der Waals surface area contributed by atoms with Gasteiger partial charge in [-0.2, -0.15) is 11.8 Å². The van der Waals surface area contributed by atoms with Gasteiger partial charge in [-0.15, -0.1) is 0 Å². The molecule has 100 valence electrons. The summed E-state index contributed by atoms with van der Waals surface area (Å²) in [7, 11) is 0. The van der Waals surface area contributed by atoms with E-state index in [0.29, 0.717) is 0 Å². The van der Waals surface area contributed by atoms with Crippen LogP contribution in [0.4, 0.5) is 5.82 Å². The van der Waals surface area contributed by atoms with Crippen LogP contribution in [-0.4, -0.2) is 35.6 Å². The predicted molar refractivity (Wildman–Crippen MR) is 80.4 cm³/mol. The SMILES string of the molecule is CCC(N)Cc1cccnc1N1CCCSCC1. The van der Waals surface area contributed by atoms with E-state index in [1.807, 2.05) is 24.0 Å². The molecular weight excluding hydrogens is 242 g/mol. The van der Waals surface area contributed by atoms with Gasteiger partial charge in [0.25, 0.3) is 0 Å². The molecule has 0 aromatic carbocycles. The van der Waals surface area contributed by atoms with E-state index in [1.165, 1.54) is 23.5 Å². The molecule has 0 saturated carbocycles. The lowest BCUT2D eigenvalue weighted by Gasteiger charge is -2.24. The largest absolute Gasteiger partial charge is 0.356 e. The van der Waals surface area contributed by atoms with Gasteiger partial charge < -0.3 is 10.6 Å². The van der Waals surface area contributed by atoms with Crippen LogP contribution in [0.5, 0.6) is 0 Å². The summed E-state index contributed by atoms with van der Waals surface area (Å²) >= 11 is 2.04. The average molecular weight is 265 g/mol. The van der Waals surface area contributed by atoms with Gasteiger partial charge in [0.2, 0.25) is 0 Å². The average Bonchev–Trinajstić information content (AvgIpc) is 2.68. The van der Waals surface area contributed by atoms with E-state index >= 15 is 0 Å². The summed E-state index contributed by atoms with van der Waals surface area (Å²) in [6.07, 6.45) is 5.10. The maximum absolute atomic E-state index is 6.08. The third-order valence-electron chi connectivity index (χ3n) is 3.40. The van der Waals surface area contributed by atoms with Gasteiger partial charge >= 0.3 is 0 Å². The number of nitrogens with two attached hydrogens (primary N) is 1. The highest BCUT2D eigenvalue weighted by molar-refractivity contribution is 7.99. The van der Waals surface area contributed by atoms with Crippen molar-refractivity contribution in [2.45, 2.75) is 32.2 Å². The van der Waals surface area contributed by atoms with Gasteiger partial charge in [0.05, 0.1) is 0 Å². The molecule has 0 spiro atoms. The summed E-state index contributed by atoms with van der Waals surface area (Å²) in [5.74, 6) is 3.63. The van der Waals surface area contributed by atoms with Gasteiger partial charge in [0.1, 0.15) is 5.82 Å². The topological polar surface area (TPSA) is 42.1 Å². The van der Waals surface area contributed by atoms with Crippen LogP contribution in [0.1, 0.15) is 25.3 Å². The maximum atomic E-state index is 6.08. The van der Waals surface area contributed by atoms with E-state index < -0.39 is 0 Å². The second kappa shape index (κ2) is 7.00. The van der Waals surface area contributed by atoms with E-state index in [2.05, 4.69) is 22.9 Å². The summed E-state index contributed by atoms with van der Waals surface area (Å²) in [5, 5.41) is 0. The molecule has 1 aliphatic rings. The van der Waals surface area contributed by atoms with E-state index in [9.17, 15) is 0 Å². The lowest BCUT2D eigenvalue weighted by atomic mass is 10.1. The molecule has 1 atom stereocenters. The Labute approximate surface area is 114 Å². The third kappa shape index (κ3) is 3.62. The molecule has 2 heterocycles. The quantitative estimate of drug-likeness (QED) is 0.907. The first-order valence-corrected chi connectivity index (χ1v) is 7.99. The molecule has 2 N–H and O–H groups in total. The molecule has 1 fully saturated rings. The van der Waals surface area contributed by atoms with Gasteiger partial charge in [-0.1, -0.05) is 13.0 Å². The molecular formula is C14H23N3S. The van der Waals surface area contributed by atoms with Crippen molar-refractivity contribution in [3.05, 3.63) is 23.9 Å². The monoisotopic (exact) mass is 265 g/mol. The Morgan fingerprint density at radius 2 is 2.33 bits per heavy atom. The lowest BCUT2D eigenvalue weighted by Crippen LogP contribution is -2.29. The van der Waals surface area contributed by atoms with Crippen molar-refractivity contribution >= 4 is 17.6 Å². The highest BCUT2D eigenvalue weighted by Gasteiger charge is 2.15. The molecule has 0 radical (unpaired) electrons. The number of nitrogens with zero attached hydrogens (tertiary/aromatic N) is 2. The Kier molecular flexibility index (Phi) is 5.32. The minimum Gasteiger partial charge on any atom is -0.356 e. The molecule has 1 aromatic rings. The molecule has 0 aliphatic carbocycles. The predicted octanol–water partition coefficient (Wildman–Crippen LogP) is 2.30. The molecule has 1 unspecified atom stereocenters. The first-order chi connectivity index (χ1) is 8.81. The maximum Gasteiger partial charge on any atom is 0.131 e. The van der Waals surface area contributed by atoms with E-state index in [1.54, 1.807) is 0 Å². The van der Waals surface area contributed by atoms with E-state index in [-0.39, 0.29) is 6.04 Å². The van der Waals surface area contributed by atoms with Crippen molar-refractivity contribution < 1.29 is 0 Å². The summed E-state index contributed by atoms with van der Waals surface area (Å²) in [4.78, 5) is 7.02. The Balaban J connectivity index is 2.14. The Morgan fingerprint density at radius 3 is 3.17 bits per heavy atom.